The normalized spacial score (nSPS) is 11.8. The molecule has 0 saturated carbocycles. The minimum Gasteiger partial charge on any atom is -0.448 e. The highest BCUT2D eigenvalue weighted by Crippen LogP contribution is 2.11. The van der Waals surface area contributed by atoms with Gasteiger partial charge in [-0.2, -0.15) is 0 Å². The Bertz CT molecular complexity index is 638. The second-order valence-corrected chi connectivity index (χ2v) is 5.64. The van der Waals surface area contributed by atoms with E-state index in [1.807, 2.05) is 50.2 Å². The summed E-state index contributed by atoms with van der Waals surface area (Å²) < 4.78 is 5.40. The van der Waals surface area contributed by atoms with Gasteiger partial charge in [0.15, 0.2) is 6.10 Å². The standard InChI is InChI=1S/C19H21NO3/c1-14(2)17(23-19(22)16-11-7-4-8-12-16)18(21)20-13-15-9-5-3-6-10-15/h3-12,14,17H,13H2,1-2H3,(H,20,21). The number of benzene rings is 2. The average molecular weight is 311 g/mol. The van der Waals surface area contributed by atoms with Crippen LogP contribution in [0.3, 0.4) is 0 Å². The lowest BCUT2D eigenvalue weighted by molar-refractivity contribution is -0.132. The maximum Gasteiger partial charge on any atom is 0.338 e. The van der Waals surface area contributed by atoms with Crippen LogP contribution in [0.25, 0.3) is 0 Å². The monoisotopic (exact) mass is 311 g/mol. The molecule has 0 aliphatic carbocycles. The number of esters is 1. The van der Waals surface area contributed by atoms with E-state index in [1.165, 1.54) is 0 Å². The van der Waals surface area contributed by atoms with E-state index in [0.29, 0.717) is 12.1 Å². The number of amides is 1. The minimum absolute atomic E-state index is 0.113. The summed E-state index contributed by atoms with van der Waals surface area (Å²) in [4.78, 5) is 24.5. The predicted octanol–water partition coefficient (Wildman–Crippen LogP) is 3.18. The molecule has 0 saturated heterocycles. The summed E-state index contributed by atoms with van der Waals surface area (Å²) in [6.45, 7) is 4.11. The quantitative estimate of drug-likeness (QED) is 0.834. The van der Waals surface area contributed by atoms with Crippen LogP contribution >= 0.6 is 0 Å². The molecule has 0 aliphatic heterocycles. The number of rotatable bonds is 6. The molecule has 0 fully saturated rings. The largest absolute Gasteiger partial charge is 0.448 e. The zero-order chi connectivity index (χ0) is 16.7. The van der Waals surface area contributed by atoms with Gasteiger partial charge in [0.2, 0.25) is 0 Å². The van der Waals surface area contributed by atoms with Crippen LogP contribution in [0, 0.1) is 5.92 Å². The SMILES string of the molecule is CC(C)C(OC(=O)c1ccccc1)C(=O)NCc1ccccc1. The van der Waals surface area contributed by atoms with Crippen LogP contribution in [0.15, 0.2) is 60.7 Å². The van der Waals surface area contributed by atoms with Gasteiger partial charge < -0.3 is 10.1 Å². The third kappa shape index (κ3) is 4.95. The fraction of sp³-hybridized carbons (Fsp3) is 0.263. The molecule has 0 aliphatic rings. The second-order valence-electron chi connectivity index (χ2n) is 5.64. The van der Waals surface area contributed by atoms with E-state index in [9.17, 15) is 9.59 Å². The predicted molar refractivity (Wildman–Crippen MR) is 88.8 cm³/mol. The number of hydrogen-bond donors (Lipinski definition) is 1. The molecular weight excluding hydrogens is 290 g/mol. The molecule has 0 spiro atoms. The highest BCUT2D eigenvalue weighted by molar-refractivity contribution is 5.92. The highest BCUT2D eigenvalue weighted by Gasteiger charge is 2.26. The van der Waals surface area contributed by atoms with E-state index in [0.717, 1.165) is 5.56 Å². The highest BCUT2D eigenvalue weighted by atomic mass is 16.5. The van der Waals surface area contributed by atoms with Crippen molar-refractivity contribution in [2.75, 3.05) is 0 Å². The van der Waals surface area contributed by atoms with Crippen molar-refractivity contribution in [3.05, 3.63) is 71.8 Å². The van der Waals surface area contributed by atoms with Crippen molar-refractivity contribution in [2.45, 2.75) is 26.5 Å². The molecule has 0 aromatic heterocycles. The molecule has 1 N–H and O–H groups in total. The molecule has 2 aromatic rings. The third-order valence-electron chi connectivity index (χ3n) is 3.42. The Balaban J connectivity index is 1.97. The Morgan fingerprint density at radius 3 is 2.09 bits per heavy atom. The van der Waals surface area contributed by atoms with Crippen molar-refractivity contribution in [3.8, 4) is 0 Å². The molecule has 4 heteroatoms. The first kappa shape index (κ1) is 16.7. The van der Waals surface area contributed by atoms with Gasteiger partial charge in [0.05, 0.1) is 5.56 Å². The molecule has 0 radical (unpaired) electrons. The van der Waals surface area contributed by atoms with Gasteiger partial charge >= 0.3 is 5.97 Å². The van der Waals surface area contributed by atoms with Crippen molar-refractivity contribution in [3.63, 3.8) is 0 Å². The van der Waals surface area contributed by atoms with Gasteiger partial charge in [-0.05, 0) is 23.6 Å². The molecule has 2 aromatic carbocycles. The zero-order valence-corrected chi connectivity index (χ0v) is 13.4. The summed E-state index contributed by atoms with van der Waals surface area (Å²) in [6.07, 6.45) is -0.814. The van der Waals surface area contributed by atoms with Gasteiger partial charge in [-0.25, -0.2) is 4.79 Å². The number of nitrogens with one attached hydrogen (secondary N) is 1. The summed E-state index contributed by atoms with van der Waals surface area (Å²) in [5.74, 6) is -0.884. The maximum absolute atomic E-state index is 12.3. The molecule has 0 heterocycles. The van der Waals surface area contributed by atoms with E-state index >= 15 is 0 Å². The first-order valence-electron chi connectivity index (χ1n) is 7.65. The van der Waals surface area contributed by atoms with E-state index in [-0.39, 0.29) is 11.8 Å². The number of carbonyl (C=O) groups excluding carboxylic acids is 2. The summed E-state index contributed by atoms with van der Waals surface area (Å²) in [6, 6.07) is 18.3. The smallest absolute Gasteiger partial charge is 0.338 e. The molecule has 1 unspecified atom stereocenters. The van der Waals surface area contributed by atoms with Crippen molar-refractivity contribution >= 4 is 11.9 Å². The lowest BCUT2D eigenvalue weighted by Crippen LogP contribution is -2.40. The van der Waals surface area contributed by atoms with Crippen molar-refractivity contribution in [1.29, 1.82) is 0 Å². The van der Waals surface area contributed by atoms with Crippen molar-refractivity contribution in [2.24, 2.45) is 5.92 Å². The van der Waals surface area contributed by atoms with Gasteiger partial charge in [-0.15, -0.1) is 0 Å². The molecular formula is C19H21NO3. The first-order valence-corrected chi connectivity index (χ1v) is 7.65. The average Bonchev–Trinajstić information content (AvgIpc) is 2.58. The van der Waals surface area contributed by atoms with Crippen LogP contribution in [0.5, 0.6) is 0 Å². The van der Waals surface area contributed by atoms with Gasteiger partial charge in [0.25, 0.3) is 5.91 Å². The molecule has 1 atom stereocenters. The van der Waals surface area contributed by atoms with Gasteiger partial charge in [-0.3, -0.25) is 4.79 Å². The van der Waals surface area contributed by atoms with Crippen molar-refractivity contribution in [1.82, 2.24) is 5.32 Å². The summed E-state index contributed by atoms with van der Waals surface area (Å²) >= 11 is 0. The van der Waals surface area contributed by atoms with Crippen LogP contribution < -0.4 is 5.32 Å². The van der Waals surface area contributed by atoms with Gasteiger partial charge in [0.1, 0.15) is 0 Å². The van der Waals surface area contributed by atoms with Crippen LogP contribution in [0.2, 0.25) is 0 Å². The fourth-order valence-electron chi connectivity index (χ4n) is 2.14. The van der Waals surface area contributed by atoms with Crippen molar-refractivity contribution < 1.29 is 14.3 Å². The molecule has 120 valence electrons. The topological polar surface area (TPSA) is 55.4 Å². The number of carbonyl (C=O) groups is 2. The third-order valence-corrected chi connectivity index (χ3v) is 3.42. The fourth-order valence-corrected chi connectivity index (χ4v) is 2.14. The minimum atomic E-state index is -0.814. The van der Waals surface area contributed by atoms with Crippen LogP contribution in [-0.4, -0.2) is 18.0 Å². The molecule has 4 nitrogen and oxygen atoms in total. The van der Waals surface area contributed by atoms with E-state index < -0.39 is 12.1 Å². The molecule has 23 heavy (non-hydrogen) atoms. The second kappa shape index (κ2) is 8.13. The molecule has 2 rings (SSSR count). The lowest BCUT2D eigenvalue weighted by atomic mass is 10.1. The first-order chi connectivity index (χ1) is 11.1. The zero-order valence-electron chi connectivity index (χ0n) is 13.4. The molecule has 0 bridgehead atoms. The van der Waals surface area contributed by atoms with E-state index in [4.69, 9.17) is 4.74 Å². The van der Waals surface area contributed by atoms with Crippen LogP contribution in [0.4, 0.5) is 0 Å². The van der Waals surface area contributed by atoms with E-state index in [2.05, 4.69) is 5.32 Å². The van der Waals surface area contributed by atoms with Gasteiger partial charge in [0, 0.05) is 6.54 Å². The Morgan fingerprint density at radius 2 is 1.52 bits per heavy atom. The number of ether oxygens (including phenoxy) is 1. The summed E-state index contributed by atoms with van der Waals surface area (Å²) in [5.41, 5.74) is 1.44. The summed E-state index contributed by atoms with van der Waals surface area (Å²) in [5, 5.41) is 2.82. The Hall–Kier alpha value is -2.62. The number of hydrogen-bond acceptors (Lipinski definition) is 3. The van der Waals surface area contributed by atoms with E-state index in [1.54, 1.807) is 24.3 Å². The van der Waals surface area contributed by atoms with Crippen LogP contribution in [-0.2, 0) is 16.1 Å². The Labute approximate surface area is 136 Å². The maximum atomic E-state index is 12.3. The van der Waals surface area contributed by atoms with Gasteiger partial charge in [-0.1, -0.05) is 62.4 Å². The lowest BCUT2D eigenvalue weighted by Gasteiger charge is -2.20. The van der Waals surface area contributed by atoms with Crippen LogP contribution in [0.1, 0.15) is 29.8 Å². The Kier molecular flexibility index (Phi) is 5.92. The Morgan fingerprint density at radius 1 is 0.957 bits per heavy atom. The molecule has 1 amide bonds. The summed E-state index contributed by atoms with van der Waals surface area (Å²) in [7, 11) is 0.